The molecule has 1 aromatic carbocycles. The van der Waals surface area contributed by atoms with E-state index < -0.39 is 0 Å². The summed E-state index contributed by atoms with van der Waals surface area (Å²) in [5.74, 6) is 1.08. The average Bonchev–Trinajstić information content (AvgIpc) is 3.03. The Morgan fingerprint density at radius 3 is 2.70 bits per heavy atom. The van der Waals surface area contributed by atoms with Crippen LogP contribution in [0.4, 0.5) is 11.6 Å². The minimum Gasteiger partial charge on any atom is -0.325 e. The van der Waals surface area contributed by atoms with E-state index >= 15 is 0 Å². The normalized spacial score (nSPS) is 13.7. The summed E-state index contributed by atoms with van der Waals surface area (Å²) in [6.07, 6.45) is 6.16. The van der Waals surface area contributed by atoms with Gasteiger partial charge in [-0.15, -0.1) is 17.9 Å². The molecule has 140 valence electrons. The van der Waals surface area contributed by atoms with E-state index in [4.69, 9.17) is 4.98 Å². The van der Waals surface area contributed by atoms with Crippen molar-refractivity contribution < 1.29 is 0 Å². The highest BCUT2D eigenvalue weighted by Crippen LogP contribution is 2.34. The second-order valence-electron chi connectivity index (χ2n) is 7.43. The van der Waals surface area contributed by atoms with Gasteiger partial charge in [0.2, 0.25) is 5.95 Å². The highest BCUT2D eigenvalue weighted by Gasteiger charge is 2.21. The Kier molecular flexibility index (Phi) is 4.87. The molecule has 1 N–H and O–H groups in total. The van der Waals surface area contributed by atoms with Crippen LogP contribution in [0.2, 0.25) is 0 Å². The van der Waals surface area contributed by atoms with Crippen LogP contribution in [0.5, 0.6) is 0 Å². The molecule has 2 aromatic heterocycles. The monoisotopic (exact) mass is 379 g/mol. The van der Waals surface area contributed by atoms with Gasteiger partial charge in [-0.25, -0.2) is 4.98 Å². The van der Waals surface area contributed by atoms with Crippen LogP contribution >= 0.6 is 11.3 Å². The first-order valence-corrected chi connectivity index (χ1v) is 10.4. The number of anilines is 2. The highest BCUT2D eigenvalue weighted by atomic mass is 32.1. The third-order valence-electron chi connectivity index (χ3n) is 5.22. The molecule has 0 atom stereocenters. The molecule has 1 aliphatic rings. The van der Waals surface area contributed by atoms with Crippen LogP contribution in [0.25, 0.3) is 10.2 Å². The van der Waals surface area contributed by atoms with Crippen LogP contribution in [0.1, 0.15) is 48.6 Å². The molecule has 4 rings (SSSR count). The number of hydrogen-bond donors (Lipinski definition) is 1. The lowest BCUT2D eigenvalue weighted by Gasteiger charge is -2.14. The van der Waals surface area contributed by atoms with Crippen molar-refractivity contribution in [1.82, 2.24) is 9.55 Å². The van der Waals surface area contributed by atoms with Gasteiger partial charge in [-0.2, -0.15) is 0 Å². The largest absolute Gasteiger partial charge is 0.325 e. The highest BCUT2D eigenvalue weighted by molar-refractivity contribution is 7.18. The molecule has 0 amide bonds. The van der Waals surface area contributed by atoms with Crippen molar-refractivity contribution in [2.75, 3.05) is 5.32 Å². The molecule has 0 unspecified atom stereocenters. The van der Waals surface area contributed by atoms with E-state index in [1.54, 1.807) is 22.0 Å². The Hall–Kier alpha value is -2.40. The van der Waals surface area contributed by atoms with Gasteiger partial charge in [-0.05, 0) is 54.9 Å². The molecule has 0 radical (unpaired) electrons. The van der Waals surface area contributed by atoms with E-state index in [0.29, 0.717) is 18.4 Å². The number of nitrogens with one attached hydrogen (secondary N) is 1. The number of nitrogens with zero attached hydrogens (tertiary/aromatic N) is 2. The Labute approximate surface area is 163 Å². The Balaban J connectivity index is 1.80. The molecular weight excluding hydrogens is 354 g/mol. The predicted octanol–water partition coefficient (Wildman–Crippen LogP) is 5.39. The van der Waals surface area contributed by atoms with E-state index in [2.05, 4.69) is 37.9 Å². The van der Waals surface area contributed by atoms with Crippen LogP contribution in [-0.2, 0) is 19.4 Å². The Morgan fingerprint density at radius 2 is 2.00 bits per heavy atom. The quantitative estimate of drug-likeness (QED) is 0.605. The van der Waals surface area contributed by atoms with Gasteiger partial charge in [0.15, 0.2) is 0 Å². The number of aromatic nitrogens is 2. The van der Waals surface area contributed by atoms with Crippen LogP contribution in [-0.4, -0.2) is 9.55 Å². The maximum absolute atomic E-state index is 13.2. The summed E-state index contributed by atoms with van der Waals surface area (Å²) < 4.78 is 1.70. The Bertz CT molecular complexity index is 1040. The fourth-order valence-corrected chi connectivity index (χ4v) is 4.96. The molecule has 0 fully saturated rings. The summed E-state index contributed by atoms with van der Waals surface area (Å²) in [6, 6.07) is 8.32. The number of benzene rings is 1. The lowest BCUT2D eigenvalue weighted by molar-refractivity contribution is 0.698. The fraction of sp³-hybridized carbons (Fsp3) is 0.364. The third-order valence-corrected chi connectivity index (χ3v) is 6.41. The number of rotatable bonds is 5. The summed E-state index contributed by atoms with van der Waals surface area (Å²) in [4.78, 5) is 20.3. The number of hydrogen-bond acceptors (Lipinski definition) is 4. The summed E-state index contributed by atoms with van der Waals surface area (Å²) in [5, 5.41) is 4.16. The molecule has 27 heavy (non-hydrogen) atoms. The molecule has 0 spiro atoms. The predicted molar refractivity (Wildman–Crippen MR) is 115 cm³/mol. The molecule has 2 heterocycles. The van der Waals surface area contributed by atoms with Crippen LogP contribution in [0, 0.1) is 0 Å². The summed E-state index contributed by atoms with van der Waals surface area (Å²) in [5.41, 5.74) is 3.49. The third kappa shape index (κ3) is 3.32. The topological polar surface area (TPSA) is 46.9 Å². The molecule has 0 saturated carbocycles. The summed E-state index contributed by atoms with van der Waals surface area (Å²) >= 11 is 1.68. The Morgan fingerprint density at radius 1 is 1.26 bits per heavy atom. The molecule has 1 aliphatic carbocycles. The maximum Gasteiger partial charge on any atom is 0.264 e. The standard InChI is InChI=1S/C22H25N3OS/c1-4-13-25-21(26)19-17-7-5-6-8-18(17)27-20(19)24-22(25)23-16-11-9-15(10-12-16)14(2)3/h4,9-12,14H,1,5-8,13H2,2-3H3,(H,23,24). The van der Waals surface area contributed by atoms with E-state index in [-0.39, 0.29) is 5.56 Å². The first kappa shape index (κ1) is 18.0. The van der Waals surface area contributed by atoms with Gasteiger partial charge in [-0.3, -0.25) is 9.36 Å². The second kappa shape index (κ2) is 7.31. The zero-order chi connectivity index (χ0) is 19.0. The van der Waals surface area contributed by atoms with Crippen molar-refractivity contribution in [3.63, 3.8) is 0 Å². The van der Waals surface area contributed by atoms with E-state index in [0.717, 1.165) is 35.2 Å². The van der Waals surface area contributed by atoms with Crippen molar-refractivity contribution in [2.45, 2.75) is 52.0 Å². The van der Waals surface area contributed by atoms with Gasteiger partial charge in [0.05, 0.1) is 5.39 Å². The molecule has 0 aliphatic heterocycles. The molecule has 4 nitrogen and oxygen atoms in total. The van der Waals surface area contributed by atoms with Crippen molar-refractivity contribution in [3.05, 3.63) is 63.3 Å². The van der Waals surface area contributed by atoms with Crippen molar-refractivity contribution >= 4 is 33.2 Å². The van der Waals surface area contributed by atoms with Crippen molar-refractivity contribution in [1.29, 1.82) is 0 Å². The first-order valence-electron chi connectivity index (χ1n) is 9.61. The smallest absolute Gasteiger partial charge is 0.264 e. The number of thiophene rings is 1. The van der Waals surface area contributed by atoms with E-state index in [1.807, 2.05) is 12.1 Å². The van der Waals surface area contributed by atoms with Crippen LogP contribution in [0.15, 0.2) is 41.7 Å². The van der Waals surface area contributed by atoms with Crippen LogP contribution < -0.4 is 10.9 Å². The van der Waals surface area contributed by atoms with Gasteiger partial charge >= 0.3 is 0 Å². The SMILES string of the molecule is C=CCn1c(Nc2ccc(C(C)C)cc2)nc2sc3c(c2c1=O)CCCC3. The van der Waals surface area contributed by atoms with Gasteiger partial charge in [0.25, 0.3) is 5.56 Å². The van der Waals surface area contributed by atoms with Gasteiger partial charge < -0.3 is 5.32 Å². The van der Waals surface area contributed by atoms with E-state index in [1.165, 1.54) is 22.4 Å². The number of aryl methyl sites for hydroxylation is 2. The minimum absolute atomic E-state index is 0.0422. The van der Waals surface area contributed by atoms with Crippen molar-refractivity contribution in [3.8, 4) is 0 Å². The summed E-state index contributed by atoms with van der Waals surface area (Å²) in [6.45, 7) is 8.62. The number of fused-ring (bicyclic) bond motifs is 3. The van der Waals surface area contributed by atoms with E-state index in [9.17, 15) is 4.79 Å². The molecule has 3 aromatic rings. The minimum atomic E-state index is 0.0422. The fourth-order valence-electron chi connectivity index (χ4n) is 3.71. The maximum atomic E-state index is 13.2. The van der Waals surface area contributed by atoms with Gasteiger partial charge in [-0.1, -0.05) is 32.1 Å². The second-order valence-corrected chi connectivity index (χ2v) is 8.52. The zero-order valence-corrected chi connectivity index (χ0v) is 16.7. The van der Waals surface area contributed by atoms with Crippen molar-refractivity contribution in [2.24, 2.45) is 0 Å². The van der Waals surface area contributed by atoms with Crippen LogP contribution in [0.3, 0.4) is 0 Å². The van der Waals surface area contributed by atoms with Gasteiger partial charge in [0.1, 0.15) is 4.83 Å². The number of allylic oxidation sites excluding steroid dienone is 1. The lowest BCUT2D eigenvalue weighted by atomic mass is 9.97. The molecule has 0 bridgehead atoms. The molecular formula is C22H25N3OS. The summed E-state index contributed by atoms with van der Waals surface area (Å²) in [7, 11) is 0. The lowest BCUT2D eigenvalue weighted by Crippen LogP contribution is -2.24. The van der Waals surface area contributed by atoms with Gasteiger partial charge in [0, 0.05) is 17.1 Å². The molecule has 0 saturated heterocycles. The molecule has 5 heteroatoms. The average molecular weight is 380 g/mol. The first-order chi connectivity index (χ1) is 13.1. The zero-order valence-electron chi connectivity index (χ0n) is 15.9.